The summed E-state index contributed by atoms with van der Waals surface area (Å²) >= 11 is 0. The normalized spacial score (nSPS) is 50.1. The Labute approximate surface area is 355 Å². The van der Waals surface area contributed by atoms with Gasteiger partial charge in [-0.25, -0.2) is 0 Å². The van der Waals surface area contributed by atoms with Crippen LogP contribution in [0.5, 0.6) is 0 Å². The van der Waals surface area contributed by atoms with E-state index in [1.54, 1.807) is 40.2 Å². The molecule has 14 nitrogen and oxygen atoms in total. The monoisotopic (exact) mass is 846 g/mol. The summed E-state index contributed by atoms with van der Waals surface area (Å²) < 4.78 is 63.5. The van der Waals surface area contributed by atoms with Gasteiger partial charge < -0.3 is 62.7 Å². The van der Waals surface area contributed by atoms with E-state index in [4.69, 9.17) is 47.4 Å². The van der Waals surface area contributed by atoms with Crippen LogP contribution in [0.25, 0.3) is 0 Å². The van der Waals surface area contributed by atoms with Gasteiger partial charge in [0.1, 0.15) is 42.0 Å². The second kappa shape index (κ2) is 19.0. The molecular formula is C46H70O14. The Balaban J connectivity index is 1.18. The third kappa shape index (κ3) is 9.28. The molecule has 1 spiro atoms. The van der Waals surface area contributed by atoms with Crippen LogP contribution in [-0.4, -0.2) is 139 Å². The number of rotatable bonds is 7. The molecule has 3 N–H and O–H groups in total. The first kappa shape index (κ1) is 46.0. The molecule has 2 bridgehead atoms. The zero-order valence-electron chi connectivity index (χ0n) is 36.9. The van der Waals surface area contributed by atoms with Crippen molar-refractivity contribution < 1.29 is 67.5 Å². The number of hydrogen-bond acceptors (Lipinski definition) is 14. The molecule has 0 saturated carbocycles. The largest absolute Gasteiger partial charge is 0.462 e. The first-order valence-electron chi connectivity index (χ1n) is 22.3. The van der Waals surface area contributed by atoms with Crippen molar-refractivity contribution in [1.29, 1.82) is 0 Å². The van der Waals surface area contributed by atoms with E-state index < -0.39 is 90.8 Å². The SMILES string of the molecule is CC[C@H]1/C=C/C=C2/CO[C@H]3[C@@H](O)C(C)=C[C@@H](C(=O)O[C@@H]4C[C@@H](C/C=C(/C)[C@H]1O[C@H]1C[C@H](OC)[C@@H](O[C@H]5C[C@H](OC)[C@@H](O)[C@H](C)O5)[C@H](C)O1)O[C@@]1(CC[C@H](C)[C@@H](C)O1)C4)[C@@]23O. The third-order valence-corrected chi connectivity index (χ3v) is 14.3. The highest BCUT2D eigenvalue weighted by atomic mass is 16.7. The third-order valence-electron chi connectivity index (χ3n) is 14.3. The highest BCUT2D eigenvalue weighted by Gasteiger charge is 2.60. The predicted molar refractivity (Wildman–Crippen MR) is 218 cm³/mol. The molecule has 14 heteroatoms. The van der Waals surface area contributed by atoms with Gasteiger partial charge in [-0.15, -0.1) is 0 Å². The lowest BCUT2D eigenvalue weighted by Crippen LogP contribution is -2.58. The molecular weight excluding hydrogens is 776 g/mol. The molecule has 338 valence electrons. The van der Waals surface area contributed by atoms with Gasteiger partial charge in [0.25, 0.3) is 0 Å². The van der Waals surface area contributed by atoms with Crippen LogP contribution in [0.4, 0.5) is 0 Å². The second-order valence-corrected chi connectivity index (χ2v) is 18.4. The van der Waals surface area contributed by atoms with Crippen LogP contribution in [0.3, 0.4) is 0 Å². The van der Waals surface area contributed by atoms with Gasteiger partial charge in [-0.3, -0.25) is 4.79 Å². The maximum atomic E-state index is 14.3. The molecule has 7 rings (SSSR count). The molecule has 0 amide bonds. The fourth-order valence-corrected chi connectivity index (χ4v) is 10.4. The summed E-state index contributed by atoms with van der Waals surface area (Å²) in [5.74, 6) is -2.34. The number of esters is 1. The van der Waals surface area contributed by atoms with E-state index in [-0.39, 0.29) is 30.8 Å². The summed E-state index contributed by atoms with van der Waals surface area (Å²) in [4.78, 5) is 14.3. The van der Waals surface area contributed by atoms with Crippen LogP contribution in [0.2, 0.25) is 0 Å². The Bertz CT molecular complexity index is 1630. The summed E-state index contributed by atoms with van der Waals surface area (Å²) in [5, 5.41) is 34.2. The topological polar surface area (TPSA) is 170 Å². The van der Waals surface area contributed by atoms with Gasteiger partial charge in [-0.05, 0) is 76.5 Å². The highest BCUT2D eigenvalue weighted by Crippen LogP contribution is 2.47. The molecule has 0 radical (unpaired) electrons. The van der Waals surface area contributed by atoms with E-state index in [1.165, 1.54) is 0 Å². The number of carbonyl (C=O) groups excluding carboxylic acids is 1. The summed E-state index contributed by atoms with van der Waals surface area (Å²) in [5.41, 5.74) is 0.212. The van der Waals surface area contributed by atoms with Crippen molar-refractivity contribution in [2.45, 2.75) is 197 Å². The van der Waals surface area contributed by atoms with E-state index in [9.17, 15) is 20.1 Å². The van der Waals surface area contributed by atoms with E-state index in [1.807, 2.05) is 13.0 Å². The number of ether oxygens (including phenoxy) is 10. The molecule has 6 heterocycles. The number of aliphatic hydroxyl groups is 3. The van der Waals surface area contributed by atoms with Crippen molar-refractivity contribution in [3.05, 3.63) is 47.1 Å². The van der Waals surface area contributed by atoms with Crippen LogP contribution in [-0.2, 0) is 52.2 Å². The predicted octanol–water partition coefficient (Wildman–Crippen LogP) is 4.97. The van der Waals surface area contributed by atoms with Crippen molar-refractivity contribution in [1.82, 2.24) is 0 Å². The van der Waals surface area contributed by atoms with Crippen molar-refractivity contribution >= 4 is 5.97 Å². The molecule has 60 heavy (non-hydrogen) atoms. The summed E-state index contributed by atoms with van der Waals surface area (Å²) in [6.07, 6.45) is 6.40. The maximum absolute atomic E-state index is 14.3. The summed E-state index contributed by atoms with van der Waals surface area (Å²) in [7, 11) is 3.23. The van der Waals surface area contributed by atoms with E-state index in [2.05, 4.69) is 39.8 Å². The Kier molecular flexibility index (Phi) is 14.5. The van der Waals surface area contributed by atoms with Crippen molar-refractivity contribution in [2.24, 2.45) is 17.8 Å². The van der Waals surface area contributed by atoms with Gasteiger partial charge in [-0.1, -0.05) is 44.2 Å². The molecule has 0 aromatic rings. The molecule has 0 aromatic heterocycles. The first-order valence-corrected chi connectivity index (χ1v) is 22.3. The first-order chi connectivity index (χ1) is 28.6. The molecule has 5 fully saturated rings. The number of hydrogen-bond donors (Lipinski definition) is 3. The van der Waals surface area contributed by atoms with E-state index in [0.29, 0.717) is 55.6 Å². The highest BCUT2D eigenvalue weighted by molar-refractivity contribution is 5.78. The van der Waals surface area contributed by atoms with Crippen LogP contribution in [0, 0.1) is 17.8 Å². The van der Waals surface area contributed by atoms with Crippen molar-refractivity contribution in [2.75, 3.05) is 20.8 Å². The molecule has 6 aliphatic heterocycles. The Morgan fingerprint density at radius 1 is 0.883 bits per heavy atom. The minimum atomic E-state index is -1.82. The zero-order valence-corrected chi connectivity index (χ0v) is 36.9. The summed E-state index contributed by atoms with van der Waals surface area (Å²) in [6, 6.07) is 0. The molecule has 5 saturated heterocycles. The number of fused-ring (bicyclic) bond motifs is 2. The van der Waals surface area contributed by atoms with Gasteiger partial charge in [-0.2, -0.15) is 0 Å². The Morgan fingerprint density at radius 2 is 1.60 bits per heavy atom. The van der Waals surface area contributed by atoms with Gasteiger partial charge in [0, 0.05) is 52.2 Å². The molecule has 19 atom stereocenters. The van der Waals surface area contributed by atoms with Crippen molar-refractivity contribution in [3.8, 4) is 0 Å². The fourth-order valence-electron chi connectivity index (χ4n) is 10.4. The smallest absolute Gasteiger partial charge is 0.316 e. The van der Waals surface area contributed by atoms with E-state index >= 15 is 0 Å². The molecule has 0 aromatic carbocycles. The van der Waals surface area contributed by atoms with Gasteiger partial charge in [0.05, 0.1) is 49.3 Å². The van der Waals surface area contributed by atoms with E-state index in [0.717, 1.165) is 18.4 Å². The average molecular weight is 847 g/mol. The standard InChI is InChI=1S/C46H70O14/c1-10-30-12-11-13-31-23-53-43-39(47)26(4)18-34(46(31,43)50)44(49)56-33-19-32(60-45(22-33)17-16-24(2)27(5)59-45)15-14-25(3)41(30)57-38-21-36(52-9)42(29(7)55-38)58-37-20-35(51-8)40(48)28(6)54-37/h11-14,18,24,27-30,32-43,47-48,50H,10,15-17,19-23H2,1-9H3/b12-11+,25-14-,31-13-/t24-,27+,28-,29-,30-,32+,33+,34-,35-,36-,37-,38-,39-,40-,41+,42-,43-,45-,46-/m0/s1. The fraction of sp³-hybridized carbons (Fsp3) is 0.804. The molecule has 0 unspecified atom stereocenters. The minimum absolute atomic E-state index is 0.0400. The lowest BCUT2D eigenvalue weighted by Gasteiger charge is -2.49. The Hall–Kier alpha value is -2.05. The van der Waals surface area contributed by atoms with Gasteiger partial charge >= 0.3 is 5.97 Å². The van der Waals surface area contributed by atoms with Crippen LogP contribution < -0.4 is 0 Å². The lowest BCUT2D eigenvalue weighted by molar-refractivity contribution is -0.332. The average Bonchev–Trinajstić information content (AvgIpc) is 3.55. The lowest BCUT2D eigenvalue weighted by atomic mass is 9.71. The summed E-state index contributed by atoms with van der Waals surface area (Å²) in [6.45, 7) is 13.9. The van der Waals surface area contributed by atoms with Gasteiger partial charge in [0.2, 0.25) is 0 Å². The zero-order chi connectivity index (χ0) is 43.1. The minimum Gasteiger partial charge on any atom is -0.462 e. The van der Waals surface area contributed by atoms with Crippen molar-refractivity contribution in [3.63, 3.8) is 0 Å². The quantitative estimate of drug-likeness (QED) is 0.232. The number of carbonyl (C=O) groups is 1. The number of aliphatic hydroxyl groups excluding tert-OH is 2. The van der Waals surface area contributed by atoms with Gasteiger partial charge in [0.15, 0.2) is 18.4 Å². The Morgan fingerprint density at radius 3 is 2.32 bits per heavy atom. The molecule has 1 aliphatic carbocycles. The van der Waals surface area contributed by atoms with Crippen LogP contribution in [0.15, 0.2) is 47.1 Å². The van der Waals surface area contributed by atoms with Crippen LogP contribution in [0.1, 0.15) is 99.8 Å². The molecule has 7 aliphatic rings. The number of allylic oxidation sites excluding steroid dienone is 2. The number of methoxy groups -OCH3 is 2. The second-order valence-electron chi connectivity index (χ2n) is 18.4. The maximum Gasteiger partial charge on any atom is 0.316 e. The van der Waals surface area contributed by atoms with Crippen LogP contribution >= 0.6 is 0 Å².